The Morgan fingerprint density at radius 1 is 1.44 bits per heavy atom. The summed E-state index contributed by atoms with van der Waals surface area (Å²) in [5.74, 6) is -0.247. The number of allylic oxidation sites excluding steroid dienone is 1. The van der Waals surface area contributed by atoms with E-state index < -0.39 is 5.60 Å². The van der Waals surface area contributed by atoms with Crippen LogP contribution in [0.2, 0.25) is 0 Å². The zero-order chi connectivity index (χ0) is 13.2. The third kappa shape index (κ3) is 2.71. The van der Waals surface area contributed by atoms with Crippen LogP contribution in [0.3, 0.4) is 0 Å². The topological polar surface area (TPSA) is 61.4 Å². The van der Waals surface area contributed by atoms with E-state index in [9.17, 15) is 9.90 Å². The highest BCUT2D eigenvalue weighted by atomic mass is 16.3. The minimum absolute atomic E-state index is 0.188. The van der Waals surface area contributed by atoms with Gasteiger partial charge in [0.25, 0.3) is 5.91 Å². The van der Waals surface area contributed by atoms with E-state index in [1.165, 1.54) is 5.57 Å². The second-order valence-electron chi connectivity index (χ2n) is 4.98. The predicted octanol–water partition coefficient (Wildman–Crippen LogP) is 0.658. The molecule has 1 atom stereocenters. The van der Waals surface area contributed by atoms with E-state index in [-0.39, 0.29) is 11.9 Å². The monoisotopic (exact) mass is 248 g/mol. The van der Waals surface area contributed by atoms with Crippen molar-refractivity contribution >= 4 is 5.91 Å². The number of aliphatic hydroxyl groups is 1. The number of rotatable bonds is 5. The summed E-state index contributed by atoms with van der Waals surface area (Å²) in [5, 5.41) is 15.8. The Morgan fingerprint density at radius 2 is 2.11 bits per heavy atom. The van der Waals surface area contributed by atoms with Gasteiger partial charge < -0.3 is 15.7 Å². The zero-order valence-electron chi connectivity index (χ0n) is 10.5. The van der Waals surface area contributed by atoms with Gasteiger partial charge in [-0.2, -0.15) is 0 Å². The normalized spacial score (nSPS) is 25.5. The molecule has 98 valence electrons. The molecule has 1 aliphatic carbocycles. The summed E-state index contributed by atoms with van der Waals surface area (Å²) in [6.45, 7) is 8.85. The van der Waals surface area contributed by atoms with E-state index in [4.69, 9.17) is 0 Å². The lowest BCUT2D eigenvalue weighted by atomic mass is 9.96. The van der Waals surface area contributed by atoms with Crippen LogP contribution in [0, 0.1) is 0 Å². The third-order valence-electron chi connectivity index (χ3n) is 3.61. The smallest absolute Gasteiger partial charge is 0.252 e. The van der Waals surface area contributed by atoms with Gasteiger partial charge in [-0.25, -0.2) is 0 Å². The van der Waals surface area contributed by atoms with E-state index in [2.05, 4.69) is 23.8 Å². The molecule has 1 saturated carbocycles. The van der Waals surface area contributed by atoms with Crippen LogP contribution in [0.4, 0.5) is 0 Å². The van der Waals surface area contributed by atoms with Crippen molar-refractivity contribution in [3.8, 4) is 0 Å². The van der Waals surface area contributed by atoms with E-state index in [0.29, 0.717) is 19.4 Å². The van der Waals surface area contributed by atoms with Crippen LogP contribution in [-0.4, -0.2) is 35.7 Å². The zero-order valence-corrected chi connectivity index (χ0v) is 10.5. The van der Waals surface area contributed by atoms with Crippen molar-refractivity contribution in [1.82, 2.24) is 10.6 Å². The standard InChI is InChI=1S/C14H20N2O2/c1-3-10-7-12(15-8-11(10)4-2)9-16-13(17)14(18)5-6-14/h3-4,12,15,18H,1-2,5-9H2,(H,16,17). The highest BCUT2D eigenvalue weighted by molar-refractivity contribution is 5.87. The first-order chi connectivity index (χ1) is 8.59. The Labute approximate surface area is 107 Å². The molecular formula is C14H20N2O2. The van der Waals surface area contributed by atoms with Crippen molar-refractivity contribution in [2.75, 3.05) is 13.1 Å². The van der Waals surface area contributed by atoms with Crippen molar-refractivity contribution in [2.24, 2.45) is 0 Å². The molecule has 1 amide bonds. The summed E-state index contributed by atoms with van der Waals surface area (Å²) < 4.78 is 0. The van der Waals surface area contributed by atoms with Gasteiger partial charge in [-0.15, -0.1) is 0 Å². The fourth-order valence-corrected chi connectivity index (χ4v) is 2.12. The van der Waals surface area contributed by atoms with Crippen LogP contribution in [0.1, 0.15) is 19.3 Å². The van der Waals surface area contributed by atoms with Gasteiger partial charge in [0.15, 0.2) is 0 Å². The molecule has 3 N–H and O–H groups in total. The first kappa shape index (κ1) is 13.1. The molecule has 0 bridgehead atoms. The fourth-order valence-electron chi connectivity index (χ4n) is 2.12. The molecule has 0 spiro atoms. The molecule has 0 aromatic rings. The first-order valence-electron chi connectivity index (χ1n) is 6.30. The lowest BCUT2D eigenvalue weighted by molar-refractivity contribution is -0.131. The molecule has 0 aromatic heterocycles. The molecule has 0 aromatic carbocycles. The van der Waals surface area contributed by atoms with Crippen molar-refractivity contribution in [2.45, 2.75) is 30.9 Å². The van der Waals surface area contributed by atoms with Crippen LogP contribution in [0.5, 0.6) is 0 Å². The van der Waals surface area contributed by atoms with Gasteiger partial charge in [0.1, 0.15) is 5.60 Å². The molecule has 0 saturated heterocycles. The average molecular weight is 248 g/mol. The summed E-state index contributed by atoms with van der Waals surface area (Å²) in [5.41, 5.74) is 1.25. The molecular weight excluding hydrogens is 228 g/mol. The fraction of sp³-hybridized carbons (Fsp3) is 0.500. The Hall–Kier alpha value is -1.39. The Kier molecular flexibility index (Phi) is 3.68. The van der Waals surface area contributed by atoms with Crippen LogP contribution in [-0.2, 0) is 4.79 Å². The maximum Gasteiger partial charge on any atom is 0.252 e. The largest absolute Gasteiger partial charge is 0.380 e. The molecule has 0 radical (unpaired) electrons. The molecule has 2 aliphatic rings. The summed E-state index contributed by atoms with van der Waals surface area (Å²) in [4.78, 5) is 11.6. The van der Waals surface area contributed by atoms with E-state index >= 15 is 0 Å². The quantitative estimate of drug-likeness (QED) is 0.670. The van der Waals surface area contributed by atoms with Crippen molar-refractivity contribution in [1.29, 1.82) is 0 Å². The predicted molar refractivity (Wildman–Crippen MR) is 71.0 cm³/mol. The first-order valence-corrected chi connectivity index (χ1v) is 6.30. The van der Waals surface area contributed by atoms with Crippen LogP contribution < -0.4 is 10.6 Å². The van der Waals surface area contributed by atoms with Gasteiger partial charge in [-0.05, 0) is 30.4 Å². The van der Waals surface area contributed by atoms with Crippen molar-refractivity contribution in [3.05, 3.63) is 36.5 Å². The molecule has 1 unspecified atom stereocenters. The average Bonchev–Trinajstić information content (AvgIpc) is 3.14. The molecule has 1 aliphatic heterocycles. The summed E-state index contributed by atoms with van der Waals surface area (Å²) >= 11 is 0. The second kappa shape index (κ2) is 5.08. The highest BCUT2D eigenvalue weighted by Gasteiger charge is 2.47. The molecule has 18 heavy (non-hydrogen) atoms. The van der Waals surface area contributed by atoms with Gasteiger partial charge in [0.05, 0.1) is 0 Å². The number of carbonyl (C=O) groups is 1. The van der Waals surface area contributed by atoms with Crippen LogP contribution in [0.25, 0.3) is 0 Å². The highest BCUT2D eigenvalue weighted by Crippen LogP contribution is 2.34. The lowest BCUT2D eigenvalue weighted by Gasteiger charge is -2.26. The van der Waals surface area contributed by atoms with Crippen LogP contribution >= 0.6 is 0 Å². The van der Waals surface area contributed by atoms with Crippen molar-refractivity contribution < 1.29 is 9.90 Å². The summed E-state index contributed by atoms with van der Waals surface area (Å²) in [6.07, 6.45) is 5.67. The van der Waals surface area contributed by atoms with Gasteiger partial charge in [-0.1, -0.05) is 25.3 Å². The van der Waals surface area contributed by atoms with Gasteiger partial charge in [0, 0.05) is 19.1 Å². The molecule has 4 heteroatoms. The molecule has 4 nitrogen and oxygen atoms in total. The maximum absolute atomic E-state index is 11.6. The minimum atomic E-state index is -1.09. The minimum Gasteiger partial charge on any atom is -0.380 e. The van der Waals surface area contributed by atoms with Gasteiger partial charge in [-0.3, -0.25) is 4.79 Å². The number of nitrogens with one attached hydrogen (secondary N) is 2. The van der Waals surface area contributed by atoms with E-state index in [1.807, 2.05) is 12.2 Å². The number of carbonyl (C=O) groups excluding carboxylic acids is 1. The number of amides is 1. The van der Waals surface area contributed by atoms with E-state index in [1.54, 1.807) is 0 Å². The summed E-state index contributed by atoms with van der Waals surface area (Å²) in [7, 11) is 0. The van der Waals surface area contributed by atoms with Gasteiger partial charge >= 0.3 is 0 Å². The molecule has 1 fully saturated rings. The Morgan fingerprint density at radius 3 is 2.67 bits per heavy atom. The molecule has 1 heterocycles. The number of hydrogen-bond donors (Lipinski definition) is 3. The Balaban J connectivity index is 1.85. The van der Waals surface area contributed by atoms with Crippen molar-refractivity contribution in [3.63, 3.8) is 0 Å². The third-order valence-corrected chi connectivity index (χ3v) is 3.61. The Bertz CT molecular complexity index is 408. The molecule has 2 rings (SSSR count). The second-order valence-corrected chi connectivity index (χ2v) is 4.98. The van der Waals surface area contributed by atoms with Crippen LogP contribution in [0.15, 0.2) is 36.5 Å². The van der Waals surface area contributed by atoms with E-state index in [0.717, 1.165) is 18.5 Å². The van der Waals surface area contributed by atoms with Gasteiger partial charge in [0.2, 0.25) is 0 Å². The number of hydrogen-bond acceptors (Lipinski definition) is 3. The maximum atomic E-state index is 11.6. The lowest BCUT2D eigenvalue weighted by Crippen LogP contribution is -2.47. The SMILES string of the molecule is C=CC1=C(C=C)CC(CNC(=O)C2(O)CC2)NC1. The summed E-state index contributed by atoms with van der Waals surface area (Å²) in [6, 6.07) is 0.188.